The summed E-state index contributed by atoms with van der Waals surface area (Å²) in [6.45, 7) is 1.91. The Hall–Kier alpha value is -3.55. The van der Waals surface area contributed by atoms with E-state index in [0.717, 1.165) is 10.2 Å². The molecule has 29 heavy (non-hydrogen) atoms. The predicted molar refractivity (Wildman–Crippen MR) is 107 cm³/mol. The fourth-order valence-electron chi connectivity index (χ4n) is 2.88. The SMILES string of the molecule is CCN(CC(=O)NCc1ccc(F)cc1)C(=O)Cn1ncc2ccccc2c1=O. The molecule has 0 saturated heterocycles. The first kappa shape index (κ1) is 20.2. The number of nitrogens with zero attached hydrogens (tertiary/aromatic N) is 3. The number of carbonyl (C=O) groups excluding carboxylic acids is 2. The standard InChI is InChI=1S/C21H21FN4O3/c1-2-25(13-19(27)23-11-15-7-9-17(22)10-8-15)20(28)14-26-21(29)18-6-4-3-5-16(18)12-24-26/h3-10,12H,2,11,13-14H2,1H3,(H,23,27). The van der Waals surface area contributed by atoms with Crippen LogP contribution in [-0.2, 0) is 22.7 Å². The lowest BCUT2D eigenvalue weighted by Gasteiger charge is -2.20. The number of hydrogen-bond donors (Lipinski definition) is 1. The van der Waals surface area contributed by atoms with Crippen LogP contribution in [-0.4, -0.2) is 39.6 Å². The molecule has 0 aliphatic rings. The van der Waals surface area contributed by atoms with E-state index in [1.807, 2.05) is 6.07 Å². The molecule has 0 saturated carbocycles. The summed E-state index contributed by atoms with van der Waals surface area (Å²) < 4.78 is 14.0. The van der Waals surface area contributed by atoms with Crippen LogP contribution in [0.4, 0.5) is 4.39 Å². The third-order valence-electron chi connectivity index (χ3n) is 4.52. The molecule has 0 bridgehead atoms. The molecule has 7 nitrogen and oxygen atoms in total. The topological polar surface area (TPSA) is 84.3 Å². The Labute approximate surface area is 166 Å². The third kappa shape index (κ3) is 5.04. The van der Waals surface area contributed by atoms with Gasteiger partial charge in [0.15, 0.2) is 0 Å². The minimum atomic E-state index is -0.380. The Morgan fingerprint density at radius 2 is 1.86 bits per heavy atom. The van der Waals surface area contributed by atoms with Gasteiger partial charge < -0.3 is 10.2 Å². The molecule has 0 radical (unpaired) electrons. The van der Waals surface area contributed by atoms with Crippen molar-refractivity contribution in [2.45, 2.75) is 20.0 Å². The number of amides is 2. The summed E-state index contributed by atoms with van der Waals surface area (Å²) in [5, 5.41) is 7.93. The molecule has 0 atom stereocenters. The molecule has 0 fully saturated rings. The molecule has 0 spiro atoms. The van der Waals surface area contributed by atoms with Crippen LogP contribution in [0.3, 0.4) is 0 Å². The van der Waals surface area contributed by atoms with E-state index in [2.05, 4.69) is 10.4 Å². The summed E-state index contributed by atoms with van der Waals surface area (Å²) >= 11 is 0. The number of rotatable bonds is 7. The van der Waals surface area contributed by atoms with Crippen LogP contribution in [0.15, 0.2) is 59.5 Å². The van der Waals surface area contributed by atoms with Crippen molar-refractivity contribution in [2.24, 2.45) is 0 Å². The zero-order chi connectivity index (χ0) is 20.8. The Morgan fingerprint density at radius 3 is 2.59 bits per heavy atom. The van der Waals surface area contributed by atoms with Gasteiger partial charge >= 0.3 is 0 Å². The highest BCUT2D eigenvalue weighted by atomic mass is 19.1. The van der Waals surface area contributed by atoms with E-state index in [-0.39, 0.29) is 42.8 Å². The van der Waals surface area contributed by atoms with Crippen molar-refractivity contribution in [3.63, 3.8) is 0 Å². The lowest BCUT2D eigenvalue weighted by atomic mass is 10.2. The Morgan fingerprint density at radius 1 is 1.14 bits per heavy atom. The van der Waals surface area contributed by atoms with Crippen molar-refractivity contribution in [3.05, 3.63) is 76.5 Å². The molecule has 8 heteroatoms. The zero-order valence-corrected chi connectivity index (χ0v) is 16.0. The van der Waals surface area contributed by atoms with Crippen LogP contribution < -0.4 is 10.9 Å². The van der Waals surface area contributed by atoms with E-state index < -0.39 is 0 Å². The summed E-state index contributed by atoms with van der Waals surface area (Å²) in [4.78, 5) is 38.6. The van der Waals surface area contributed by atoms with Gasteiger partial charge in [-0.25, -0.2) is 9.07 Å². The number of fused-ring (bicyclic) bond motifs is 1. The van der Waals surface area contributed by atoms with Gasteiger partial charge in [0.1, 0.15) is 12.4 Å². The van der Waals surface area contributed by atoms with Gasteiger partial charge in [-0.2, -0.15) is 5.10 Å². The van der Waals surface area contributed by atoms with Gasteiger partial charge in [0.05, 0.1) is 18.1 Å². The molecule has 3 aromatic rings. The maximum atomic E-state index is 12.9. The maximum Gasteiger partial charge on any atom is 0.275 e. The highest BCUT2D eigenvalue weighted by Crippen LogP contribution is 2.06. The molecule has 150 valence electrons. The number of nitrogens with one attached hydrogen (secondary N) is 1. The largest absolute Gasteiger partial charge is 0.350 e. The van der Waals surface area contributed by atoms with Crippen LogP contribution >= 0.6 is 0 Å². The number of halogens is 1. The third-order valence-corrected chi connectivity index (χ3v) is 4.52. The second kappa shape index (κ2) is 9.09. The summed E-state index contributed by atoms with van der Waals surface area (Å²) in [6, 6.07) is 12.8. The molecule has 0 unspecified atom stereocenters. The lowest BCUT2D eigenvalue weighted by molar-refractivity contribution is -0.136. The van der Waals surface area contributed by atoms with E-state index in [9.17, 15) is 18.8 Å². The lowest BCUT2D eigenvalue weighted by Crippen LogP contribution is -2.43. The van der Waals surface area contributed by atoms with Crippen LogP contribution in [0, 0.1) is 5.82 Å². The van der Waals surface area contributed by atoms with Crippen LogP contribution in [0.25, 0.3) is 10.8 Å². The molecule has 1 heterocycles. The fraction of sp³-hybridized carbons (Fsp3) is 0.238. The number of carbonyl (C=O) groups is 2. The number of likely N-dealkylation sites (N-methyl/N-ethyl adjacent to an activating group) is 1. The first-order valence-electron chi connectivity index (χ1n) is 9.21. The zero-order valence-electron chi connectivity index (χ0n) is 16.0. The highest BCUT2D eigenvalue weighted by molar-refractivity contribution is 5.85. The number of benzene rings is 2. The van der Waals surface area contributed by atoms with Crippen molar-refractivity contribution in [1.29, 1.82) is 0 Å². The molecule has 1 N–H and O–H groups in total. The second-order valence-electron chi connectivity index (χ2n) is 6.51. The molecule has 0 aliphatic carbocycles. The van der Waals surface area contributed by atoms with E-state index in [0.29, 0.717) is 17.3 Å². The first-order valence-corrected chi connectivity index (χ1v) is 9.21. The predicted octanol–water partition coefficient (Wildman–Crippen LogP) is 1.70. The van der Waals surface area contributed by atoms with Crippen LogP contribution in [0.1, 0.15) is 12.5 Å². The van der Waals surface area contributed by atoms with Crippen molar-refractivity contribution in [1.82, 2.24) is 20.0 Å². The van der Waals surface area contributed by atoms with Gasteiger partial charge in [0.25, 0.3) is 5.56 Å². The van der Waals surface area contributed by atoms with E-state index >= 15 is 0 Å². The van der Waals surface area contributed by atoms with E-state index in [4.69, 9.17) is 0 Å². The molecule has 3 rings (SSSR count). The average Bonchev–Trinajstić information content (AvgIpc) is 2.73. The summed E-state index contributed by atoms with van der Waals surface area (Å²) in [7, 11) is 0. The smallest absolute Gasteiger partial charge is 0.275 e. The van der Waals surface area contributed by atoms with Crippen molar-refractivity contribution < 1.29 is 14.0 Å². The van der Waals surface area contributed by atoms with Gasteiger partial charge in [0.2, 0.25) is 11.8 Å². The second-order valence-corrected chi connectivity index (χ2v) is 6.51. The fourth-order valence-corrected chi connectivity index (χ4v) is 2.88. The Balaban J connectivity index is 1.61. The van der Waals surface area contributed by atoms with Gasteiger partial charge in [-0.15, -0.1) is 0 Å². The molecular weight excluding hydrogens is 375 g/mol. The van der Waals surface area contributed by atoms with Crippen molar-refractivity contribution >= 4 is 22.6 Å². The summed E-state index contributed by atoms with van der Waals surface area (Å²) in [5.41, 5.74) is 0.398. The van der Waals surface area contributed by atoms with E-state index in [1.54, 1.807) is 37.3 Å². The Kier molecular flexibility index (Phi) is 6.33. The molecule has 2 aromatic carbocycles. The monoisotopic (exact) mass is 396 g/mol. The molecular formula is C21H21FN4O3. The van der Waals surface area contributed by atoms with Crippen molar-refractivity contribution in [2.75, 3.05) is 13.1 Å². The van der Waals surface area contributed by atoms with Gasteiger partial charge in [-0.05, 0) is 30.7 Å². The number of hydrogen-bond acceptors (Lipinski definition) is 4. The summed E-state index contributed by atoms with van der Waals surface area (Å²) in [5.74, 6) is -1.07. The van der Waals surface area contributed by atoms with E-state index in [1.165, 1.54) is 23.2 Å². The maximum absolute atomic E-state index is 12.9. The number of aromatic nitrogens is 2. The van der Waals surface area contributed by atoms with Gasteiger partial charge in [-0.1, -0.05) is 30.3 Å². The first-order chi connectivity index (χ1) is 14.0. The van der Waals surface area contributed by atoms with Crippen LogP contribution in [0.5, 0.6) is 0 Å². The minimum Gasteiger partial charge on any atom is -0.350 e. The van der Waals surface area contributed by atoms with Crippen molar-refractivity contribution in [3.8, 4) is 0 Å². The van der Waals surface area contributed by atoms with Crippen LogP contribution in [0.2, 0.25) is 0 Å². The highest BCUT2D eigenvalue weighted by Gasteiger charge is 2.17. The molecule has 1 aromatic heterocycles. The Bertz CT molecular complexity index is 1080. The van der Waals surface area contributed by atoms with Gasteiger partial charge in [-0.3, -0.25) is 14.4 Å². The molecule has 0 aliphatic heterocycles. The van der Waals surface area contributed by atoms with Gasteiger partial charge in [0, 0.05) is 18.5 Å². The minimum absolute atomic E-state index is 0.140. The normalized spacial score (nSPS) is 10.7. The quantitative estimate of drug-likeness (QED) is 0.659. The summed E-state index contributed by atoms with van der Waals surface area (Å²) in [6.07, 6.45) is 1.54. The average molecular weight is 396 g/mol. The molecule has 2 amide bonds.